The lowest BCUT2D eigenvalue weighted by molar-refractivity contribution is 0.0997. The maximum Gasteiger partial charge on any atom is 0.271 e. The lowest BCUT2D eigenvalue weighted by Crippen LogP contribution is -2.35. The SMILES string of the molecule is NC(=O)c1ncn(C2CCN(c3noc(-c4ccccc4)n3)CC2)c1N. The van der Waals surface area contributed by atoms with Gasteiger partial charge in [-0.3, -0.25) is 4.79 Å². The molecule has 9 nitrogen and oxygen atoms in total. The van der Waals surface area contributed by atoms with E-state index >= 15 is 0 Å². The van der Waals surface area contributed by atoms with Crippen LogP contribution >= 0.6 is 0 Å². The molecular weight excluding hydrogens is 334 g/mol. The van der Waals surface area contributed by atoms with Gasteiger partial charge in [-0.1, -0.05) is 18.2 Å². The molecule has 0 radical (unpaired) electrons. The minimum Gasteiger partial charge on any atom is -0.383 e. The van der Waals surface area contributed by atoms with E-state index < -0.39 is 5.91 Å². The van der Waals surface area contributed by atoms with Gasteiger partial charge in [0.2, 0.25) is 0 Å². The van der Waals surface area contributed by atoms with E-state index in [1.165, 1.54) is 0 Å². The molecule has 26 heavy (non-hydrogen) atoms. The van der Waals surface area contributed by atoms with E-state index in [0.29, 0.717) is 17.7 Å². The van der Waals surface area contributed by atoms with E-state index in [-0.39, 0.29) is 11.7 Å². The van der Waals surface area contributed by atoms with Crippen LogP contribution in [0, 0.1) is 0 Å². The van der Waals surface area contributed by atoms with Gasteiger partial charge in [-0.25, -0.2) is 4.98 Å². The number of primary amides is 1. The van der Waals surface area contributed by atoms with Gasteiger partial charge in [0.15, 0.2) is 5.69 Å². The number of carbonyl (C=O) groups excluding carboxylic acids is 1. The maximum atomic E-state index is 11.3. The fourth-order valence-corrected chi connectivity index (χ4v) is 3.24. The third kappa shape index (κ3) is 2.87. The minimum atomic E-state index is -0.612. The van der Waals surface area contributed by atoms with Crippen molar-refractivity contribution in [2.24, 2.45) is 5.73 Å². The smallest absolute Gasteiger partial charge is 0.271 e. The molecular formula is C17H19N7O2. The molecule has 134 valence electrons. The van der Waals surface area contributed by atoms with Crippen LogP contribution in [0.25, 0.3) is 11.5 Å². The first-order valence-electron chi connectivity index (χ1n) is 8.39. The topological polar surface area (TPSA) is 129 Å². The highest BCUT2D eigenvalue weighted by molar-refractivity contribution is 5.95. The summed E-state index contributed by atoms with van der Waals surface area (Å²) in [5.74, 6) is 0.798. The first-order valence-corrected chi connectivity index (χ1v) is 8.39. The van der Waals surface area contributed by atoms with Gasteiger partial charge in [-0.15, -0.1) is 0 Å². The molecule has 1 fully saturated rings. The number of piperidine rings is 1. The van der Waals surface area contributed by atoms with Gasteiger partial charge >= 0.3 is 0 Å². The third-order valence-corrected chi connectivity index (χ3v) is 4.64. The summed E-state index contributed by atoms with van der Waals surface area (Å²) in [6.45, 7) is 1.50. The zero-order valence-corrected chi connectivity index (χ0v) is 14.1. The van der Waals surface area contributed by atoms with E-state index in [9.17, 15) is 4.79 Å². The molecule has 9 heteroatoms. The van der Waals surface area contributed by atoms with Gasteiger partial charge in [0.1, 0.15) is 5.82 Å². The van der Waals surface area contributed by atoms with Gasteiger partial charge < -0.3 is 25.5 Å². The summed E-state index contributed by atoms with van der Waals surface area (Å²) in [4.78, 5) is 21.9. The Bertz CT molecular complexity index is 910. The van der Waals surface area contributed by atoms with Gasteiger partial charge in [-0.2, -0.15) is 4.98 Å². The second-order valence-corrected chi connectivity index (χ2v) is 6.23. The number of carbonyl (C=O) groups is 1. The van der Waals surface area contributed by atoms with Crippen LogP contribution in [-0.2, 0) is 0 Å². The van der Waals surface area contributed by atoms with Crippen LogP contribution in [0.3, 0.4) is 0 Å². The number of nitrogen functional groups attached to an aromatic ring is 1. The molecule has 0 atom stereocenters. The molecule has 1 amide bonds. The predicted molar refractivity (Wildman–Crippen MR) is 95.4 cm³/mol. The molecule has 1 aliphatic heterocycles. The Morgan fingerprint density at radius 3 is 2.58 bits per heavy atom. The first-order chi connectivity index (χ1) is 12.6. The molecule has 2 aromatic heterocycles. The van der Waals surface area contributed by atoms with Gasteiger partial charge in [0.05, 0.1) is 6.33 Å². The lowest BCUT2D eigenvalue weighted by atomic mass is 10.1. The van der Waals surface area contributed by atoms with Crippen molar-refractivity contribution in [2.45, 2.75) is 18.9 Å². The maximum absolute atomic E-state index is 11.3. The summed E-state index contributed by atoms with van der Waals surface area (Å²) in [6.07, 6.45) is 3.24. The number of aromatic nitrogens is 4. The number of nitrogens with two attached hydrogens (primary N) is 2. The van der Waals surface area contributed by atoms with Crippen LogP contribution in [-0.4, -0.2) is 38.7 Å². The zero-order chi connectivity index (χ0) is 18.1. The number of anilines is 2. The van der Waals surface area contributed by atoms with Crippen LogP contribution in [0.1, 0.15) is 29.4 Å². The molecule has 0 saturated carbocycles. The minimum absolute atomic E-state index is 0.123. The number of nitrogens with zero attached hydrogens (tertiary/aromatic N) is 5. The number of hydrogen-bond acceptors (Lipinski definition) is 7. The van der Waals surface area contributed by atoms with Crippen molar-refractivity contribution in [1.29, 1.82) is 0 Å². The van der Waals surface area contributed by atoms with Crippen molar-refractivity contribution in [3.8, 4) is 11.5 Å². The zero-order valence-electron chi connectivity index (χ0n) is 14.1. The van der Waals surface area contributed by atoms with E-state index in [4.69, 9.17) is 16.0 Å². The Morgan fingerprint density at radius 1 is 1.19 bits per heavy atom. The molecule has 0 spiro atoms. The van der Waals surface area contributed by atoms with Crippen molar-refractivity contribution in [3.63, 3.8) is 0 Å². The normalized spacial score (nSPS) is 15.3. The van der Waals surface area contributed by atoms with Crippen molar-refractivity contribution in [3.05, 3.63) is 42.4 Å². The van der Waals surface area contributed by atoms with Crippen LogP contribution in [0.15, 0.2) is 41.2 Å². The number of imidazole rings is 1. The molecule has 3 aromatic rings. The average molecular weight is 353 g/mol. The molecule has 0 bridgehead atoms. The van der Waals surface area contributed by atoms with E-state index in [1.54, 1.807) is 6.33 Å². The van der Waals surface area contributed by atoms with Crippen LogP contribution in [0.2, 0.25) is 0 Å². The summed E-state index contributed by atoms with van der Waals surface area (Å²) in [6, 6.07) is 9.83. The number of rotatable bonds is 4. The first kappa shape index (κ1) is 16.1. The lowest BCUT2D eigenvalue weighted by Gasteiger charge is -2.31. The molecule has 1 aromatic carbocycles. The monoisotopic (exact) mass is 353 g/mol. The largest absolute Gasteiger partial charge is 0.383 e. The van der Waals surface area contributed by atoms with Crippen LogP contribution < -0.4 is 16.4 Å². The Labute approximate surface area is 149 Å². The predicted octanol–water partition coefficient (Wildman–Crippen LogP) is 1.46. The summed E-state index contributed by atoms with van der Waals surface area (Å²) in [7, 11) is 0. The molecule has 3 heterocycles. The second-order valence-electron chi connectivity index (χ2n) is 6.23. The van der Waals surface area contributed by atoms with E-state index in [1.807, 2.05) is 34.9 Å². The van der Waals surface area contributed by atoms with Crippen LogP contribution in [0.5, 0.6) is 0 Å². The highest BCUT2D eigenvalue weighted by Crippen LogP contribution is 2.29. The van der Waals surface area contributed by atoms with Gasteiger partial charge in [-0.05, 0) is 30.1 Å². The van der Waals surface area contributed by atoms with Crippen molar-refractivity contribution >= 4 is 17.7 Å². The highest BCUT2D eigenvalue weighted by Gasteiger charge is 2.26. The summed E-state index contributed by atoms with van der Waals surface area (Å²) < 4.78 is 7.20. The second kappa shape index (κ2) is 6.51. The fraction of sp³-hybridized carbons (Fsp3) is 0.294. The summed E-state index contributed by atoms with van der Waals surface area (Å²) >= 11 is 0. The van der Waals surface area contributed by atoms with E-state index in [2.05, 4.69) is 20.0 Å². The number of amides is 1. The molecule has 1 saturated heterocycles. The number of hydrogen-bond donors (Lipinski definition) is 2. The summed E-state index contributed by atoms with van der Waals surface area (Å²) in [5, 5.41) is 4.09. The average Bonchev–Trinajstić information content (AvgIpc) is 3.30. The van der Waals surface area contributed by atoms with E-state index in [0.717, 1.165) is 31.5 Å². The Morgan fingerprint density at radius 2 is 1.92 bits per heavy atom. The third-order valence-electron chi connectivity index (χ3n) is 4.64. The van der Waals surface area contributed by atoms with Crippen molar-refractivity contribution in [1.82, 2.24) is 19.7 Å². The van der Waals surface area contributed by atoms with Crippen molar-refractivity contribution < 1.29 is 9.32 Å². The summed E-state index contributed by atoms with van der Waals surface area (Å²) in [5.41, 5.74) is 12.3. The number of benzene rings is 1. The van der Waals surface area contributed by atoms with Crippen LogP contribution in [0.4, 0.5) is 11.8 Å². The molecule has 0 aliphatic carbocycles. The highest BCUT2D eigenvalue weighted by atomic mass is 16.5. The quantitative estimate of drug-likeness (QED) is 0.726. The standard InChI is InChI=1S/C17H19N7O2/c18-14-13(15(19)25)20-10-24(14)12-6-8-23(9-7-12)17-21-16(26-22-17)11-4-2-1-3-5-11/h1-5,10,12H,6-9,18H2,(H2,19,25). The van der Waals surface area contributed by atoms with Gasteiger partial charge in [0, 0.05) is 24.7 Å². The molecule has 1 aliphatic rings. The molecule has 4 N–H and O–H groups in total. The molecule has 0 unspecified atom stereocenters. The Kier molecular flexibility index (Phi) is 4.04. The van der Waals surface area contributed by atoms with Gasteiger partial charge in [0.25, 0.3) is 17.7 Å². The van der Waals surface area contributed by atoms with Crippen molar-refractivity contribution in [2.75, 3.05) is 23.7 Å². The fourth-order valence-electron chi connectivity index (χ4n) is 3.24. The molecule has 4 rings (SSSR count). The Balaban J connectivity index is 1.44. The Hall–Kier alpha value is -3.36.